The van der Waals surface area contributed by atoms with Gasteiger partial charge in [0.15, 0.2) is 0 Å². The topological polar surface area (TPSA) is 98.0 Å². The molecule has 0 bridgehead atoms. The zero-order valence-corrected chi connectivity index (χ0v) is 12.6. The van der Waals surface area contributed by atoms with Gasteiger partial charge in [0, 0.05) is 36.6 Å². The van der Waals surface area contributed by atoms with Crippen molar-refractivity contribution in [3.8, 4) is 6.07 Å². The molecule has 0 saturated carbocycles. The molecular formula is C17H18N4O2. The zero-order valence-electron chi connectivity index (χ0n) is 12.6. The average molecular weight is 310 g/mol. The van der Waals surface area contributed by atoms with Gasteiger partial charge in [-0.3, -0.25) is 4.98 Å². The van der Waals surface area contributed by atoms with Crippen LogP contribution in [-0.4, -0.2) is 29.3 Å². The van der Waals surface area contributed by atoms with Crippen molar-refractivity contribution in [2.45, 2.75) is 6.42 Å². The maximum atomic E-state index is 11.9. The molecule has 2 amide bonds. The maximum Gasteiger partial charge on any atom is 0.319 e. The highest BCUT2D eigenvalue weighted by Gasteiger charge is 2.11. The van der Waals surface area contributed by atoms with Gasteiger partial charge in [0.1, 0.15) is 0 Å². The number of nitriles is 1. The summed E-state index contributed by atoms with van der Waals surface area (Å²) in [4.78, 5) is 16.1. The first-order chi connectivity index (χ1) is 11.2. The number of aliphatic hydroxyl groups is 1. The summed E-state index contributed by atoms with van der Waals surface area (Å²) in [6, 6.07) is 13.9. The van der Waals surface area contributed by atoms with Crippen molar-refractivity contribution in [2.24, 2.45) is 5.92 Å². The fourth-order valence-electron chi connectivity index (χ4n) is 2.06. The Morgan fingerprint density at radius 3 is 2.65 bits per heavy atom. The number of aromatic nitrogens is 1. The summed E-state index contributed by atoms with van der Waals surface area (Å²) in [6.45, 7) is 0.308. The van der Waals surface area contributed by atoms with E-state index in [0.29, 0.717) is 24.2 Å². The quantitative estimate of drug-likeness (QED) is 0.759. The maximum absolute atomic E-state index is 11.9. The van der Waals surface area contributed by atoms with Gasteiger partial charge in [-0.05, 0) is 42.8 Å². The number of hydrogen-bond acceptors (Lipinski definition) is 4. The minimum absolute atomic E-state index is 0.0340. The van der Waals surface area contributed by atoms with Gasteiger partial charge in [-0.15, -0.1) is 0 Å². The lowest BCUT2D eigenvalue weighted by Crippen LogP contribution is -2.35. The van der Waals surface area contributed by atoms with Crippen LogP contribution in [0.4, 0.5) is 10.5 Å². The molecule has 2 aromatic rings. The van der Waals surface area contributed by atoms with E-state index in [0.717, 1.165) is 5.69 Å². The Hall–Kier alpha value is -2.91. The molecule has 1 heterocycles. The molecule has 0 spiro atoms. The lowest BCUT2D eigenvalue weighted by Gasteiger charge is -2.15. The smallest absolute Gasteiger partial charge is 0.319 e. The summed E-state index contributed by atoms with van der Waals surface area (Å²) >= 11 is 0. The fraction of sp³-hybridized carbons (Fsp3) is 0.235. The Kier molecular flexibility index (Phi) is 6.09. The minimum Gasteiger partial charge on any atom is -0.396 e. The van der Waals surface area contributed by atoms with E-state index < -0.39 is 0 Å². The number of nitrogens with one attached hydrogen (secondary N) is 2. The van der Waals surface area contributed by atoms with Gasteiger partial charge < -0.3 is 15.7 Å². The van der Waals surface area contributed by atoms with Crippen LogP contribution in [0.1, 0.15) is 11.3 Å². The molecule has 6 nitrogen and oxygen atoms in total. The van der Waals surface area contributed by atoms with Crippen molar-refractivity contribution in [3.63, 3.8) is 0 Å². The standard InChI is InChI=1S/C17H18N4O2/c18-10-13-4-6-15(7-5-13)21-17(23)20-11-14(12-22)9-16-3-1-2-8-19-16/h1-8,14,22H,9,11-12H2,(H2,20,21,23). The molecule has 3 N–H and O–H groups in total. The number of pyridine rings is 1. The number of amides is 2. The number of carbonyl (C=O) groups excluding carboxylic acids is 1. The molecule has 23 heavy (non-hydrogen) atoms. The minimum atomic E-state index is -0.353. The molecule has 1 aromatic carbocycles. The van der Waals surface area contributed by atoms with Crippen molar-refractivity contribution in [3.05, 3.63) is 59.9 Å². The van der Waals surface area contributed by atoms with Crippen LogP contribution in [0.15, 0.2) is 48.7 Å². The Labute approximate surface area is 134 Å². The van der Waals surface area contributed by atoms with Gasteiger partial charge in [-0.1, -0.05) is 6.07 Å². The molecular weight excluding hydrogens is 292 g/mol. The second-order valence-corrected chi connectivity index (χ2v) is 5.10. The molecule has 0 saturated heterocycles. The molecule has 1 atom stereocenters. The van der Waals surface area contributed by atoms with E-state index in [1.54, 1.807) is 30.5 Å². The normalized spacial score (nSPS) is 11.3. The van der Waals surface area contributed by atoms with Gasteiger partial charge in [0.2, 0.25) is 0 Å². The van der Waals surface area contributed by atoms with Gasteiger partial charge in [-0.25, -0.2) is 4.79 Å². The van der Waals surface area contributed by atoms with Crippen LogP contribution in [0.3, 0.4) is 0 Å². The van der Waals surface area contributed by atoms with Crippen molar-refractivity contribution in [1.29, 1.82) is 5.26 Å². The predicted molar refractivity (Wildman–Crippen MR) is 86.7 cm³/mol. The molecule has 118 valence electrons. The van der Waals surface area contributed by atoms with E-state index >= 15 is 0 Å². The van der Waals surface area contributed by atoms with Crippen LogP contribution < -0.4 is 10.6 Å². The van der Waals surface area contributed by atoms with Gasteiger partial charge in [0.25, 0.3) is 0 Å². The Balaban J connectivity index is 1.81. The van der Waals surface area contributed by atoms with E-state index in [1.807, 2.05) is 24.3 Å². The highest BCUT2D eigenvalue weighted by atomic mass is 16.3. The molecule has 6 heteroatoms. The fourth-order valence-corrected chi connectivity index (χ4v) is 2.06. The third kappa shape index (κ3) is 5.41. The number of rotatable bonds is 6. The van der Waals surface area contributed by atoms with Crippen LogP contribution in [-0.2, 0) is 6.42 Å². The summed E-state index contributed by atoms with van der Waals surface area (Å²) in [6.07, 6.45) is 2.29. The predicted octanol–water partition coefficient (Wildman–Crippen LogP) is 1.93. The van der Waals surface area contributed by atoms with Crippen LogP contribution >= 0.6 is 0 Å². The molecule has 1 unspecified atom stereocenters. The largest absolute Gasteiger partial charge is 0.396 e. The molecule has 1 aromatic heterocycles. The zero-order chi connectivity index (χ0) is 16.5. The lowest BCUT2D eigenvalue weighted by molar-refractivity contribution is 0.217. The van der Waals surface area contributed by atoms with E-state index in [4.69, 9.17) is 5.26 Å². The van der Waals surface area contributed by atoms with E-state index in [9.17, 15) is 9.90 Å². The number of hydrogen-bond donors (Lipinski definition) is 3. The number of nitrogens with zero attached hydrogens (tertiary/aromatic N) is 2. The Morgan fingerprint density at radius 1 is 1.26 bits per heavy atom. The van der Waals surface area contributed by atoms with E-state index in [2.05, 4.69) is 15.6 Å². The molecule has 0 radical (unpaired) electrons. The van der Waals surface area contributed by atoms with Gasteiger partial charge in [0.05, 0.1) is 11.6 Å². The van der Waals surface area contributed by atoms with Crippen molar-refractivity contribution in [2.75, 3.05) is 18.5 Å². The Bertz CT molecular complexity index is 665. The van der Waals surface area contributed by atoms with Crippen molar-refractivity contribution >= 4 is 11.7 Å². The Morgan fingerprint density at radius 2 is 2.04 bits per heavy atom. The van der Waals surface area contributed by atoms with Crippen LogP contribution in [0, 0.1) is 17.2 Å². The van der Waals surface area contributed by atoms with Gasteiger partial charge >= 0.3 is 6.03 Å². The summed E-state index contributed by atoms with van der Waals surface area (Å²) in [5, 5.41) is 23.6. The summed E-state index contributed by atoms with van der Waals surface area (Å²) in [5.41, 5.74) is 2.01. The molecule has 0 fully saturated rings. The second kappa shape index (κ2) is 8.51. The average Bonchev–Trinajstić information content (AvgIpc) is 2.60. The molecule has 0 aliphatic heterocycles. The summed E-state index contributed by atoms with van der Waals surface area (Å²) in [5.74, 6) is -0.100. The highest BCUT2D eigenvalue weighted by Crippen LogP contribution is 2.09. The van der Waals surface area contributed by atoms with Gasteiger partial charge in [-0.2, -0.15) is 5.26 Å². The number of benzene rings is 1. The van der Waals surface area contributed by atoms with Crippen molar-refractivity contribution in [1.82, 2.24) is 10.3 Å². The highest BCUT2D eigenvalue weighted by molar-refractivity contribution is 5.89. The first kappa shape index (κ1) is 16.5. The molecule has 0 aliphatic rings. The monoisotopic (exact) mass is 310 g/mol. The third-order valence-electron chi connectivity index (χ3n) is 3.31. The van der Waals surface area contributed by atoms with Crippen molar-refractivity contribution < 1.29 is 9.90 Å². The van der Waals surface area contributed by atoms with Crippen LogP contribution in [0.25, 0.3) is 0 Å². The summed E-state index contributed by atoms with van der Waals surface area (Å²) in [7, 11) is 0. The SMILES string of the molecule is N#Cc1ccc(NC(=O)NCC(CO)Cc2ccccn2)cc1. The molecule has 0 aliphatic carbocycles. The lowest BCUT2D eigenvalue weighted by atomic mass is 10.0. The number of urea groups is 1. The van der Waals surface area contributed by atoms with Crippen LogP contribution in [0.2, 0.25) is 0 Å². The second-order valence-electron chi connectivity index (χ2n) is 5.10. The molecule has 2 rings (SSSR count). The third-order valence-corrected chi connectivity index (χ3v) is 3.31. The summed E-state index contributed by atoms with van der Waals surface area (Å²) < 4.78 is 0. The number of aliphatic hydroxyl groups excluding tert-OH is 1. The van der Waals surface area contributed by atoms with E-state index in [1.165, 1.54) is 0 Å². The number of anilines is 1. The van der Waals surface area contributed by atoms with Crippen LogP contribution in [0.5, 0.6) is 0 Å². The van der Waals surface area contributed by atoms with E-state index in [-0.39, 0.29) is 18.6 Å². The first-order valence-electron chi connectivity index (χ1n) is 7.27. The first-order valence-corrected chi connectivity index (χ1v) is 7.27. The number of carbonyl (C=O) groups is 1.